The van der Waals surface area contributed by atoms with E-state index in [2.05, 4.69) is 6.07 Å². The molecule has 0 aromatic heterocycles. The lowest BCUT2D eigenvalue weighted by Crippen LogP contribution is -2.09. The minimum absolute atomic E-state index is 0.381. The molecule has 1 rings (SSSR count). The van der Waals surface area contributed by atoms with Gasteiger partial charge < -0.3 is 14.6 Å². The Kier molecular flexibility index (Phi) is 3.14. The first-order valence-electron chi connectivity index (χ1n) is 3.63. The molecule has 0 bridgehead atoms. The molecule has 0 saturated heterocycles. The van der Waals surface area contributed by atoms with Crippen molar-refractivity contribution in [2.75, 3.05) is 13.7 Å². The number of rotatable bonds is 4. The van der Waals surface area contributed by atoms with Crippen molar-refractivity contribution in [1.29, 1.82) is 0 Å². The molecule has 1 aromatic carbocycles. The molecule has 0 aliphatic carbocycles. The smallest absolute Gasteiger partial charge is 0.341 e. The van der Waals surface area contributed by atoms with Crippen LogP contribution < -0.4 is 9.47 Å². The molecule has 0 spiro atoms. The quantitative estimate of drug-likeness (QED) is 0.751. The van der Waals surface area contributed by atoms with Crippen molar-refractivity contribution in [3.63, 3.8) is 0 Å². The fraction of sp³-hybridized carbons (Fsp3) is 0.222. The first-order valence-corrected chi connectivity index (χ1v) is 3.63. The molecule has 0 heterocycles. The number of para-hydroxylation sites is 1. The van der Waals surface area contributed by atoms with Crippen molar-refractivity contribution >= 4 is 5.97 Å². The van der Waals surface area contributed by atoms with Crippen LogP contribution in [-0.2, 0) is 4.79 Å². The second-order valence-corrected chi connectivity index (χ2v) is 2.25. The number of carbonyl (C=O) groups is 1. The highest BCUT2D eigenvalue weighted by Gasteiger charge is 2.04. The Morgan fingerprint density at radius 3 is 3.08 bits per heavy atom. The number of carboxylic acid groups (broad SMARTS) is 1. The highest BCUT2D eigenvalue weighted by molar-refractivity contribution is 5.68. The Morgan fingerprint density at radius 2 is 2.46 bits per heavy atom. The average molecular weight is 181 g/mol. The van der Waals surface area contributed by atoms with Crippen molar-refractivity contribution in [2.45, 2.75) is 0 Å². The van der Waals surface area contributed by atoms with Crippen LogP contribution in [0.5, 0.6) is 11.5 Å². The Labute approximate surface area is 75.7 Å². The monoisotopic (exact) mass is 181 g/mol. The number of ether oxygens (including phenoxy) is 2. The number of aliphatic carboxylic acids is 1. The third kappa shape index (κ3) is 2.66. The van der Waals surface area contributed by atoms with Crippen LogP contribution in [0.2, 0.25) is 0 Å². The maximum atomic E-state index is 10.2. The highest BCUT2D eigenvalue weighted by Crippen LogP contribution is 2.24. The molecule has 1 aromatic rings. The number of hydrogen-bond donors (Lipinski definition) is 1. The lowest BCUT2D eigenvalue weighted by Gasteiger charge is -2.07. The summed E-state index contributed by atoms with van der Waals surface area (Å²) in [6, 6.07) is 7.75. The first-order chi connectivity index (χ1) is 6.24. The minimum atomic E-state index is -1.02. The van der Waals surface area contributed by atoms with Crippen molar-refractivity contribution in [3.8, 4) is 11.5 Å². The molecular formula is C9H9O4. The maximum Gasteiger partial charge on any atom is 0.341 e. The van der Waals surface area contributed by atoms with E-state index in [9.17, 15) is 4.79 Å². The number of methoxy groups -OCH3 is 1. The lowest BCUT2D eigenvalue weighted by atomic mass is 10.3. The van der Waals surface area contributed by atoms with Crippen LogP contribution in [0, 0.1) is 6.07 Å². The molecule has 0 aliphatic rings. The summed E-state index contributed by atoms with van der Waals surface area (Å²) in [4.78, 5) is 10.2. The average Bonchev–Trinajstić information content (AvgIpc) is 2.15. The van der Waals surface area contributed by atoms with E-state index >= 15 is 0 Å². The summed E-state index contributed by atoms with van der Waals surface area (Å²) in [5, 5.41) is 8.36. The largest absolute Gasteiger partial charge is 0.492 e. The van der Waals surface area contributed by atoms with E-state index in [1.165, 1.54) is 7.11 Å². The van der Waals surface area contributed by atoms with Gasteiger partial charge in [-0.1, -0.05) is 12.1 Å². The van der Waals surface area contributed by atoms with Gasteiger partial charge in [0.15, 0.2) is 18.1 Å². The molecule has 13 heavy (non-hydrogen) atoms. The van der Waals surface area contributed by atoms with Crippen molar-refractivity contribution in [1.82, 2.24) is 0 Å². The Bertz CT molecular complexity index is 295. The molecule has 0 atom stereocenters. The Morgan fingerprint density at radius 1 is 1.69 bits per heavy atom. The third-order valence-corrected chi connectivity index (χ3v) is 1.34. The van der Waals surface area contributed by atoms with E-state index in [1.807, 2.05) is 0 Å². The van der Waals surface area contributed by atoms with Gasteiger partial charge >= 0.3 is 5.97 Å². The summed E-state index contributed by atoms with van der Waals surface area (Å²) in [5.41, 5.74) is 0. The van der Waals surface area contributed by atoms with Crippen molar-refractivity contribution in [2.24, 2.45) is 0 Å². The molecule has 0 saturated carbocycles. The highest BCUT2D eigenvalue weighted by atomic mass is 16.5. The maximum absolute atomic E-state index is 10.2. The molecule has 4 heteroatoms. The van der Waals surface area contributed by atoms with E-state index in [4.69, 9.17) is 14.6 Å². The molecule has 1 N–H and O–H groups in total. The molecule has 0 amide bonds. The second-order valence-electron chi connectivity index (χ2n) is 2.25. The summed E-state index contributed by atoms with van der Waals surface area (Å²) < 4.78 is 9.84. The molecular weight excluding hydrogens is 172 g/mol. The minimum Gasteiger partial charge on any atom is -0.492 e. The molecule has 0 fully saturated rings. The van der Waals surface area contributed by atoms with Crippen LogP contribution in [0.1, 0.15) is 0 Å². The number of carboxylic acids is 1. The van der Waals surface area contributed by atoms with Crippen LogP contribution >= 0.6 is 0 Å². The fourth-order valence-corrected chi connectivity index (χ4v) is 0.819. The molecule has 0 aliphatic heterocycles. The zero-order chi connectivity index (χ0) is 9.68. The topological polar surface area (TPSA) is 55.8 Å². The van der Waals surface area contributed by atoms with Gasteiger partial charge in [-0.25, -0.2) is 4.79 Å². The van der Waals surface area contributed by atoms with E-state index < -0.39 is 5.97 Å². The predicted molar refractivity (Wildman–Crippen MR) is 45.0 cm³/mol. The molecule has 0 unspecified atom stereocenters. The summed E-state index contributed by atoms with van der Waals surface area (Å²) in [6.45, 7) is -0.381. The van der Waals surface area contributed by atoms with E-state index in [0.29, 0.717) is 11.5 Å². The van der Waals surface area contributed by atoms with E-state index in [1.54, 1.807) is 18.2 Å². The van der Waals surface area contributed by atoms with Gasteiger partial charge in [-0.2, -0.15) is 0 Å². The standard InChI is InChI=1S/C9H9O4/c1-12-7-4-2-3-5-8(7)13-6-9(10)11/h2-3,5H,6H2,1H3,(H,10,11). The number of hydrogen-bond acceptors (Lipinski definition) is 3. The molecule has 1 radical (unpaired) electrons. The Balaban J connectivity index is 2.69. The van der Waals surface area contributed by atoms with Gasteiger partial charge in [0.1, 0.15) is 0 Å². The van der Waals surface area contributed by atoms with Crippen LogP contribution in [0.25, 0.3) is 0 Å². The third-order valence-electron chi connectivity index (χ3n) is 1.34. The van der Waals surface area contributed by atoms with Gasteiger partial charge in [0, 0.05) is 6.07 Å². The lowest BCUT2D eigenvalue weighted by molar-refractivity contribution is -0.139. The van der Waals surface area contributed by atoms with Crippen LogP contribution in [0.15, 0.2) is 18.2 Å². The zero-order valence-corrected chi connectivity index (χ0v) is 7.11. The molecule has 69 valence electrons. The van der Waals surface area contributed by atoms with E-state index in [0.717, 1.165) is 0 Å². The van der Waals surface area contributed by atoms with Crippen LogP contribution in [0.4, 0.5) is 0 Å². The Hall–Kier alpha value is -1.71. The van der Waals surface area contributed by atoms with Gasteiger partial charge in [-0.15, -0.1) is 0 Å². The summed E-state index contributed by atoms with van der Waals surface area (Å²) >= 11 is 0. The summed E-state index contributed by atoms with van der Waals surface area (Å²) in [5.74, 6) is -0.234. The van der Waals surface area contributed by atoms with Crippen LogP contribution in [0.3, 0.4) is 0 Å². The molecule has 4 nitrogen and oxygen atoms in total. The normalized spacial score (nSPS) is 9.31. The number of benzene rings is 1. The van der Waals surface area contributed by atoms with Gasteiger partial charge in [0.25, 0.3) is 0 Å². The van der Waals surface area contributed by atoms with E-state index in [-0.39, 0.29) is 6.61 Å². The summed E-state index contributed by atoms with van der Waals surface area (Å²) in [7, 11) is 1.47. The van der Waals surface area contributed by atoms with Gasteiger partial charge in [0.2, 0.25) is 0 Å². The van der Waals surface area contributed by atoms with Crippen molar-refractivity contribution in [3.05, 3.63) is 24.3 Å². The van der Waals surface area contributed by atoms with Gasteiger partial charge in [-0.3, -0.25) is 0 Å². The SMILES string of the molecule is COc1[c]cccc1OCC(=O)O. The predicted octanol–water partition coefficient (Wildman–Crippen LogP) is 0.959. The second kappa shape index (κ2) is 4.35. The van der Waals surface area contributed by atoms with Crippen molar-refractivity contribution < 1.29 is 19.4 Å². The fourth-order valence-electron chi connectivity index (χ4n) is 0.819. The van der Waals surface area contributed by atoms with Crippen LogP contribution in [-0.4, -0.2) is 24.8 Å². The first kappa shape index (κ1) is 9.38. The summed E-state index contributed by atoms with van der Waals surface area (Å²) in [6.07, 6.45) is 0. The van der Waals surface area contributed by atoms with Gasteiger partial charge in [0.05, 0.1) is 7.11 Å². The zero-order valence-electron chi connectivity index (χ0n) is 7.11. The van der Waals surface area contributed by atoms with Gasteiger partial charge in [-0.05, 0) is 6.07 Å².